The van der Waals surface area contributed by atoms with E-state index >= 15 is 0 Å². The van der Waals surface area contributed by atoms with E-state index in [1.165, 1.54) is 13.8 Å². The minimum Gasteiger partial charge on any atom is -0.458 e. The van der Waals surface area contributed by atoms with Crippen LogP contribution in [0.25, 0.3) is 0 Å². The van der Waals surface area contributed by atoms with Gasteiger partial charge in [0.1, 0.15) is 13.2 Å². The van der Waals surface area contributed by atoms with Crippen LogP contribution in [0.15, 0.2) is 24.3 Å². The van der Waals surface area contributed by atoms with Crippen molar-refractivity contribution >= 4 is 17.9 Å². The van der Waals surface area contributed by atoms with Crippen LogP contribution in [0.4, 0.5) is 0 Å². The molecule has 0 atom stereocenters. The molecule has 8 nitrogen and oxygen atoms in total. The van der Waals surface area contributed by atoms with E-state index in [0.717, 1.165) is 50.3 Å². The predicted molar refractivity (Wildman–Crippen MR) is 102 cm³/mol. The number of quaternary nitrogens is 1. The lowest BCUT2D eigenvalue weighted by Gasteiger charge is -2.50. The molecule has 0 N–H and O–H groups in total. The molecule has 0 aromatic rings. The molecule has 0 aromatic carbocycles. The first-order chi connectivity index (χ1) is 13.2. The third-order valence-corrected chi connectivity index (χ3v) is 5.26. The molecule has 2 bridgehead atoms. The summed E-state index contributed by atoms with van der Waals surface area (Å²) >= 11 is 0. The average molecular weight is 395 g/mol. The highest BCUT2D eigenvalue weighted by Crippen LogP contribution is 2.20. The summed E-state index contributed by atoms with van der Waals surface area (Å²) in [5, 5.41) is 0. The first-order valence-corrected chi connectivity index (χ1v) is 9.63. The topological polar surface area (TPSA) is 82.1 Å². The minimum absolute atomic E-state index is 0.199. The van der Waals surface area contributed by atoms with Gasteiger partial charge in [-0.3, -0.25) is 9.69 Å². The second-order valence-electron chi connectivity index (χ2n) is 7.70. The van der Waals surface area contributed by atoms with Crippen LogP contribution in [0, 0.1) is 0 Å². The van der Waals surface area contributed by atoms with Gasteiger partial charge in [-0.2, -0.15) is 0 Å². The number of hydrogen-bond donors (Lipinski definition) is 0. The number of ether oxygens (including phenoxy) is 3. The van der Waals surface area contributed by atoms with E-state index in [1.54, 1.807) is 0 Å². The standard InChI is InChI=1S/C20H31N2O6/c1-15(2)19(24)26-13-17(14-27-20(25)16(3)4)28-18(23)5-9-22-10-6-21(7-11-22)8-12-22/h17H,1,3,5-14H2,2,4H3/q+1. The molecule has 0 amide bonds. The van der Waals surface area contributed by atoms with E-state index in [0.29, 0.717) is 0 Å². The Hall–Kier alpha value is -2.19. The summed E-state index contributed by atoms with van der Waals surface area (Å²) in [6.45, 7) is 16.8. The molecule has 3 fully saturated rings. The molecule has 8 heteroatoms. The second kappa shape index (κ2) is 9.84. The Morgan fingerprint density at radius 2 is 1.39 bits per heavy atom. The molecular weight excluding hydrogens is 364 g/mol. The van der Waals surface area contributed by atoms with Gasteiger partial charge in [0.25, 0.3) is 0 Å². The number of esters is 3. The summed E-state index contributed by atoms with van der Waals surface area (Å²) in [5.41, 5.74) is 0.480. The Kier molecular flexibility index (Phi) is 7.77. The van der Waals surface area contributed by atoms with Gasteiger partial charge >= 0.3 is 17.9 Å². The number of hydrogen-bond acceptors (Lipinski definition) is 7. The quantitative estimate of drug-likeness (QED) is 0.233. The molecule has 0 radical (unpaired) electrons. The Bertz CT molecular complexity index is 593. The minimum atomic E-state index is -0.864. The van der Waals surface area contributed by atoms with Crippen molar-refractivity contribution < 1.29 is 33.1 Å². The van der Waals surface area contributed by atoms with Crippen molar-refractivity contribution in [2.45, 2.75) is 26.4 Å². The lowest BCUT2D eigenvalue weighted by atomic mass is 10.1. The lowest BCUT2D eigenvalue weighted by molar-refractivity contribution is -0.940. The Balaban J connectivity index is 1.84. The van der Waals surface area contributed by atoms with Crippen molar-refractivity contribution in [3.63, 3.8) is 0 Å². The van der Waals surface area contributed by atoms with Gasteiger partial charge < -0.3 is 18.7 Å². The van der Waals surface area contributed by atoms with Crippen molar-refractivity contribution in [3.05, 3.63) is 24.3 Å². The maximum atomic E-state index is 12.4. The summed E-state index contributed by atoms with van der Waals surface area (Å²) in [4.78, 5) is 38.0. The molecule has 3 rings (SSSR count). The lowest BCUT2D eigenvalue weighted by Crippen LogP contribution is -2.67. The van der Waals surface area contributed by atoms with Crippen LogP contribution in [0.1, 0.15) is 20.3 Å². The molecule has 0 aromatic heterocycles. The van der Waals surface area contributed by atoms with Crippen molar-refractivity contribution in [2.75, 3.05) is 59.0 Å². The number of rotatable bonds is 10. The van der Waals surface area contributed by atoms with E-state index < -0.39 is 18.0 Å². The van der Waals surface area contributed by atoms with E-state index in [2.05, 4.69) is 18.1 Å². The number of nitrogens with zero attached hydrogens (tertiary/aromatic N) is 2. The Labute approximate surface area is 166 Å². The van der Waals surface area contributed by atoms with Gasteiger partial charge in [-0.25, -0.2) is 9.59 Å². The highest BCUT2D eigenvalue weighted by atomic mass is 16.6. The zero-order chi connectivity index (χ0) is 20.7. The summed E-state index contributed by atoms with van der Waals surface area (Å²) in [6.07, 6.45) is -0.586. The molecule has 0 spiro atoms. The monoisotopic (exact) mass is 395 g/mol. The summed E-state index contributed by atoms with van der Waals surface area (Å²) in [6, 6.07) is 0. The van der Waals surface area contributed by atoms with Crippen LogP contribution < -0.4 is 0 Å². The summed E-state index contributed by atoms with van der Waals surface area (Å²) in [7, 11) is 0. The predicted octanol–water partition coefficient (Wildman–Crippen LogP) is 0.673. The number of piperazine rings is 3. The zero-order valence-corrected chi connectivity index (χ0v) is 16.9. The van der Waals surface area contributed by atoms with Crippen molar-refractivity contribution in [3.8, 4) is 0 Å². The third kappa shape index (κ3) is 6.45. The molecule has 156 valence electrons. The highest BCUT2D eigenvalue weighted by Gasteiger charge is 2.38. The molecule has 0 aliphatic carbocycles. The van der Waals surface area contributed by atoms with Gasteiger partial charge in [-0.1, -0.05) is 13.2 Å². The molecule has 3 aliphatic heterocycles. The van der Waals surface area contributed by atoms with Crippen molar-refractivity contribution in [1.82, 2.24) is 4.90 Å². The van der Waals surface area contributed by atoms with Crippen molar-refractivity contribution in [2.24, 2.45) is 0 Å². The third-order valence-electron chi connectivity index (χ3n) is 5.26. The average Bonchev–Trinajstić information content (AvgIpc) is 2.69. The molecule has 0 saturated carbocycles. The Morgan fingerprint density at radius 1 is 0.929 bits per heavy atom. The van der Waals surface area contributed by atoms with Crippen molar-refractivity contribution in [1.29, 1.82) is 0 Å². The van der Waals surface area contributed by atoms with Crippen LogP contribution >= 0.6 is 0 Å². The number of carbonyl (C=O) groups excluding carboxylic acids is 3. The molecule has 3 heterocycles. The zero-order valence-electron chi connectivity index (χ0n) is 16.9. The van der Waals surface area contributed by atoms with E-state index in [1.807, 2.05) is 0 Å². The van der Waals surface area contributed by atoms with Crippen LogP contribution in [0.3, 0.4) is 0 Å². The second-order valence-corrected chi connectivity index (χ2v) is 7.70. The number of fused-ring (bicyclic) bond motifs is 3. The maximum absolute atomic E-state index is 12.4. The van der Waals surface area contributed by atoms with Gasteiger partial charge in [0.2, 0.25) is 0 Å². The van der Waals surface area contributed by atoms with Gasteiger partial charge in [0.05, 0.1) is 32.6 Å². The van der Waals surface area contributed by atoms with E-state index in [4.69, 9.17) is 14.2 Å². The van der Waals surface area contributed by atoms with Crippen LogP contribution in [-0.2, 0) is 28.6 Å². The fraction of sp³-hybridized carbons (Fsp3) is 0.650. The summed E-state index contributed by atoms with van der Waals surface area (Å²) in [5.74, 6) is -1.56. The smallest absolute Gasteiger partial charge is 0.333 e. The van der Waals surface area contributed by atoms with Gasteiger partial charge in [0, 0.05) is 30.8 Å². The van der Waals surface area contributed by atoms with E-state index in [9.17, 15) is 14.4 Å². The Morgan fingerprint density at radius 3 is 1.82 bits per heavy atom. The largest absolute Gasteiger partial charge is 0.458 e. The van der Waals surface area contributed by atoms with Crippen LogP contribution in [0.5, 0.6) is 0 Å². The van der Waals surface area contributed by atoms with E-state index in [-0.39, 0.29) is 36.8 Å². The summed E-state index contributed by atoms with van der Waals surface area (Å²) < 4.78 is 16.5. The van der Waals surface area contributed by atoms with Gasteiger partial charge in [-0.15, -0.1) is 0 Å². The fourth-order valence-electron chi connectivity index (χ4n) is 3.34. The van der Waals surface area contributed by atoms with Crippen LogP contribution in [-0.4, -0.2) is 92.4 Å². The highest BCUT2D eigenvalue weighted by molar-refractivity contribution is 5.87. The maximum Gasteiger partial charge on any atom is 0.333 e. The molecule has 0 unspecified atom stereocenters. The first kappa shape index (κ1) is 22.1. The molecule has 3 aliphatic rings. The number of carbonyl (C=O) groups is 3. The van der Waals surface area contributed by atoms with Crippen LogP contribution in [0.2, 0.25) is 0 Å². The first-order valence-electron chi connectivity index (χ1n) is 9.63. The van der Waals surface area contributed by atoms with Gasteiger partial charge in [0.15, 0.2) is 6.10 Å². The fourth-order valence-corrected chi connectivity index (χ4v) is 3.34. The SMILES string of the molecule is C=C(C)C(=O)OCC(COC(=O)C(=C)C)OC(=O)CC[N+]12CCN(CC1)CC2. The van der Waals surface area contributed by atoms with Gasteiger partial charge in [-0.05, 0) is 13.8 Å². The molecular formula is C20H31N2O6+. The molecule has 28 heavy (non-hydrogen) atoms. The normalized spacial score (nSPS) is 23.2. The molecule has 3 saturated heterocycles.